The maximum absolute atomic E-state index is 13.2. The standard InChI is InChI=1S/C19H13N3O3S/c23-18-15-14(19(24)25)11-26-17(15)21-16(13-6-8-20-9-7-13)22(18)10-12-4-2-1-3-5-12/h1-9,11H,10H2,(H,24,25). The zero-order chi connectivity index (χ0) is 18.1. The highest BCUT2D eigenvalue weighted by Gasteiger charge is 2.20. The number of aromatic nitrogens is 3. The molecule has 0 aliphatic rings. The summed E-state index contributed by atoms with van der Waals surface area (Å²) in [5.74, 6) is -0.634. The van der Waals surface area contributed by atoms with Gasteiger partial charge in [-0.25, -0.2) is 9.78 Å². The van der Waals surface area contributed by atoms with Crippen LogP contribution in [0.2, 0.25) is 0 Å². The first-order valence-electron chi connectivity index (χ1n) is 7.85. The topological polar surface area (TPSA) is 85.1 Å². The number of carboxylic acids is 1. The lowest BCUT2D eigenvalue weighted by Crippen LogP contribution is -2.24. The summed E-state index contributed by atoms with van der Waals surface area (Å²) in [6.45, 7) is 0.301. The van der Waals surface area contributed by atoms with Crippen molar-refractivity contribution in [3.63, 3.8) is 0 Å². The van der Waals surface area contributed by atoms with E-state index in [0.29, 0.717) is 17.2 Å². The van der Waals surface area contributed by atoms with Gasteiger partial charge in [-0.2, -0.15) is 0 Å². The molecular weight excluding hydrogens is 350 g/mol. The minimum absolute atomic E-state index is 0.00871. The Morgan fingerprint density at radius 3 is 2.54 bits per heavy atom. The second-order valence-corrected chi connectivity index (χ2v) is 6.54. The van der Waals surface area contributed by atoms with Crippen LogP contribution in [0.4, 0.5) is 0 Å². The first-order chi connectivity index (χ1) is 12.6. The van der Waals surface area contributed by atoms with Gasteiger partial charge < -0.3 is 5.11 Å². The summed E-state index contributed by atoms with van der Waals surface area (Å²) >= 11 is 1.16. The number of benzene rings is 1. The van der Waals surface area contributed by atoms with Gasteiger partial charge in [-0.3, -0.25) is 14.3 Å². The van der Waals surface area contributed by atoms with E-state index in [-0.39, 0.29) is 16.5 Å². The molecule has 1 aromatic carbocycles. The molecule has 0 saturated heterocycles. The van der Waals surface area contributed by atoms with E-state index in [1.165, 1.54) is 9.95 Å². The minimum Gasteiger partial charge on any atom is -0.478 e. The molecular formula is C19H13N3O3S. The lowest BCUT2D eigenvalue weighted by molar-refractivity contribution is 0.0699. The van der Waals surface area contributed by atoms with Crippen LogP contribution in [0.3, 0.4) is 0 Å². The second-order valence-electron chi connectivity index (χ2n) is 5.68. The van der Waals surface area contributed by atoms with E-state index in [9.17, 15) is 14.7 Å². The fourth-order valence-corrected chi connectivity index (χ4v) is 3.72. The third-order valence-electron chi connectivity index (χ3n) is 4.05. The molecule has 0 amide bonds. The van der Waals surface area contributed by atoms with Crippen LogP contribution in [0, 0.1) is 0 Å². The Labute approximate surface area is 152 Å². The van der Waals surface area contributed by atoms with Crippen molar-refractivity contribution in [1.82, 2.24) is 14.5 Å². The number of carboxylic acid groups (broad SMARTS) is 1. The molecule has 0 spiro atoms. The summed E-state index contributed by atoms with van der Waals surface area (Å²) in [5.41, 5.74) is 1.31. The van der Waals surface area contributed by atoms with Gasteiger partial charge in [0, 0.05) is 23.3 Å². The molecule has 0 unspecified atom stereocenters. The summed E-state index contributed by atoms with van der Waals surface area (Å²) in [7, 11) is 0. The van der Waals surface area contributed by atoms with E-state index >= 15 is 0 Å². The van der Waals surface area contributed by atoms with Gasteiger partial charge in [-0.05, 0) is 17.7 Å². The number of carbonyl (C=O) groups is 1. The molecule has 6 nitrogen and oxygen atoms in total. The highest BCUT2D eigenvalue weighted by molar-refractivity contribution is 7.17. The summed E-state index contributed by atoms with van der Waals surface area (Å²) < 4.78 is 1.52. The van der Waals surface area contributed by atoms with Gasteiger partial charge in [0.15, 0.2) is 0 Å². The highest BCUT2D eigenvalue weighted by atomic mass is 32.1. The van der Waals surface area contributed by atoms with Crippen molar-refractivity contribution in [3.8, 4) is 11.4 Å². The Bertz CT molecular complexity index is 1150. The fourth-order valence-electron chi connectivity index (χ4n) is 2.82. The van der Waals surface area contributed by atoms with Gasteiger partial charge in [0.05, 0.1) is 17.5 Å². The van der Waals surface area contributed by atoms with Crippen LogP contribution < -0.4 is 5.56 Å². The lowest BCUT2D eigenvalue weighted by atomic mass is 10.2. The van der Waals surface area contributed by atoms with Gasteiger partial charge >= 0.3 is 5.97 Å². The van der Waals surface area contributed by atoms with Gasteiger partial charge in [0.2, 0.25) is 0 Å². The average molecular weight is 363 g/mol. The number of pyridine rings is 1. The van der Waals surface area contributed by atoms with Gasteiger partial charge in [0.25, 0.3) is 5.56 Å². The van der Waals surface area contributed by atoms with Crippen molar-refractivity contribution in [2.45, 2.75) is 6.54 Å². The molecule has 4 rings (SSSR count). The summed E-state index contributed by atoms with van der Waals surface area (Å²) in [6.07, 6.45) is 3.27. The molecule has 4 aromatic rings. The van der Waals surface area contributed by atoms with Crippen molar-refractivity contribution in [3.05, 3.63) is 81.7 Å². The maximum atomic E-state index is 13.2. The van der Waals surface area contributed by atoms with E-state index in [1.807, 2.05) is 30.3 Å². The Morgan fingerprint density at radius 2 is 1.85 bits per heavy atom. The normalized spacial score (nSPS) is 10.9. The minimum atomic E-state index is -1.13. The quantitative estimate of drug-likeness (QED) is 0.601. The Kier molecular flexibility index (Phi) is 4.06. The number of fused-ring (bicyclic) bond motifs is 1. The number of rotatable bonds is 4. The first-order valence-corrected chi connectivity index (χ1v) is 8.73. The van der Waals surface area contributed by atoms with E-state index in [2.05, 4.69) is 9.97 Å². The monoisotopic (exact) mass is 363 g/mol. The Balaban J connectivity index is 2.01. The summed E-state index contributed by atoms with van der Waals surface area (Å²) in [6, 6.07) is 13.1. The van der Waals surface area contributed by atoms with Crippen molar-refractivity contribution >= 4 is 27.5 Å². The number of aromatic carboxylic acids is 1. The van der Waals surface area contributed by atoms with Crippen LogP contribution in [0.5, 0.6) is 0 Å². The lowest BCUT2D eigenvalue weighted by Gasteiger charge is -2.13. The zero-order valence-electron chi connectivity index (χ0n) is 13.5. The number of nitrogens with zero attached hydrogens (tertiary/aromatic N) is 3. The number of thiophene rings is 1. The van der Waals surface area contributed by atoms with Crippen LogP contribution in [-0.2, 0) is 6.54 Å². The second kappa shape index (κ2) is 6.53. The molecule has 3 aromatic heterocycles. The van der Waals surface area contributed by atoms with Crippen LogP contribution >= 0.6 is 11.3 Å². The molecule has 7 heteroatoms. The van der Waals surface area contributed by atoms with Crippen LogP contribution in [-0.4, -0.2) is 25.6 Å². The van der Waals surface area contributed by atoms with E-state index < -0.39 is 5.97 Å². The van der Waals surface area contributed by atoms with Crippen LogP contribution in [0.1, 0.15) is 15.9 Å². The Morgan fingerprint density at radius 1 is 1.12 bits per heavy atom. The molecule has 0 radical (unpaired) electrons. The molecule has 0 fully saturated rings. The van der Waals surface area contributed by atoms with E-state index in [4.69, 9.17) is 0 Å². The molecule has 1 N–H and O–H groups in total. The summed E-state index contributed by atoms with van der Waals surface area (Å²) in [5, 5.41) is 11.0. The van der Waals surface area contributed by atoms with Gasteiger partial charge in [-0.15, -0.1) is 11.3 Å². The molecule has 0 aliphatic heterocycles. The SMILES string of the molecule is O=C(O)c1csc2nc(-c3ccncc3)n(Cc3ccccc3)c(=O)c12. The van der Waals surface area contributed by atoms with Gasteiger partial charge in [-0.1, -0.05) is 30.3 Å². The Hall–Kier alpha value is -3.32. The molecule has 0 saturated carbocycles. The van der Waals surface area contributed by atoms with Crippen molar-refractivity contribution in [1.29, 1.82) is 0 Å². The van der Waals surface area contributed by atoms with Crippen LogP contribution in [0.15, 0.2) is 65.0 Å². The molecule has 0 aliphatic carbocycles. The van der Waals surface area contributed by atoms with Crippen molar-refractivity contribution in [2.24, 2.45) is 0 Å². The fraction of sp³-hybridized carbons (Fsp3) is 0.0526. The number of hydrogen-bond donors (Lipinski definition) is 1. The molecule has 3 heterocycles. The molecule has 26 heavy (non-hydrogen) atoms. The van der Waals surface area contributed by atoms with Gasteiger partial charge in [0.1, 0.15) is 10.7 Å². The highest BCUT2D eigenvalue weighted by Crippen LogP contribution is 2.25. The van der Waals surface area contributed by atoms with E-state index in [0.717, 1.165) is 22.5 Å². The third-order valence-corrected chi connectivity index (χ3v) is 4.92. The smallest absolute Gasteiger partial charge is 0.337 e. The van der Waals surface area contributed by atoms with Crippen LogP contribution in [0.25, 0.3) is 21.6 Å². The predicted octanol–water partition coefficient (Wildman–Crippen LogP) is 3.27. The molecule has 0 bridgehead atoms. The summed E-state index contributed by atoms with van der Waals surface area (Å²) in [4.78, 5) is 33.7. The third kappa shape index (κ3) is 2.78. The predicted molar refractivity (Wildman–Crippen MR) is 99.6 cm³/mol. The zero-order valence-corrected chi connectivity index (χ0v) is 14.3. The van der Waals surface area contributed by atoms with Crippen molar-refractivity contribution in [2.75, 3.05) is 0 Å². The average Bonchev–Trinajstić information content (AvgIpc) is 3.10. The van der Waals surface area contributed by atoms with E-state index in [1.54, 1.807) is 24.5 Å². The largest absolute Gasteiger partial charge is 0.478 e. The molecule has 0 atom stereocenters. The first kappa shape index (κ1) is 16.2. The molecule has 128 valence electrons. The number of hydrogen-bond acceptors (Lipinski definition) is 5. The van der Waals surface area contributed by atoms with Crippen molar-refractivity contribution < 1.29 is 9.90 Å². The maximum Gasteiger partial charge on any atom is 0.337 e.